The average Bonchev–Trinajstić information content (AvgIpc) is 3.26. The van der Waals surface area contributed by atoms with Gasteiger partial charge >= 0.3 is 0 Å². The molecule has 1 saturated heterocycles. The van der Waals surface area contributed by atoms with Gasteiger partial charge in [0, 0.05) is 50.0 Å². The molecule has 0 aliphatic carbocycles. The molecule has 0 bridgehead atoms. The molecule has 4 N–H and O–H groups in total. The van der Waals surface area contributed by atoms with Gasteiger partial charge in [0.05, 0.1) is 42.7 Å². The summed E-state index contributed by atoms with van der Waals surface area (Å²) in [5, 5.41) is 8.91. The van der Waals surface area contributed by atoms with Crippen LogP contribution in [0.3, 0.4) is 0 Å². The number of hydrogen-bond acceptors (Lipinski definition) is 9. The molecule has 1 fully saturated rings. The van der Waals surface area contributed by atoms with Crippen molar-refractivity contribution in [2.45, 2.75) is 6.54 Å². The lowest BCUT2D eigenvalue weighted by molar-refractivity contribution is 0.0360. The third kappa shape index (κ3) is 4.29. The molecule has 0 radical (unpaired) electrons. The number of aromatic amines is 1. The monoisotopic (exact) mass is 433 g/mol. The zero-order chi connectivity index (χ0) is 21.9. The minimum Gasteiger partial charge on any atom is -0.379 e. The molecule has 1 aliphatic rings. The van der Waals surface area contributed by atoms with E-state index in [1.54, 1.807) is 24.8 Å². The molecule has 0 saturated carbocycles. The lowest BCUT2D eigenvalue weighted by Gasteiger charge is -2.26. The summed E-state index contributed by atoms with van der Waals surface area (Å²) in [7, 11) is 0. The standard InChI is InChI=1S/C21H23N9O2/c22-21-24-10-15(11-25-21)17-9-14-1-2-23-20(31)18(14)19(28-17)27-16-12-26-30(13-16)4-3-29-5-7-32-8-6-29/h1-2,9-13H,3-8H2,(H,23,31)(H,27,28)(H2,22,24,25). The first-order valence-electron chi connectivity index (χ1n) is 10.4. The highest BCUT2D eigenvalue weighted by Gasteiger charge is 2.14. The van der Waals surface area contributed by atoms with Gasteiger partial charge in [-0.25, -0.2) is 15.0 Å². The summed E-state index contributed by atoms with van der Waals surface area (Å²) in [5.74, 6) is 0.623. The van der Waals surface area contributed by atoms with Crippen LogP contribution in [-0.2, 0) is 11.3 Å². The summed E-state index contributed by atoms with van der Waals surface area (Å²) in [6.45, 7) is 5.08. The molecular formula is C21H23N9O2. The van der Waals surface area contributed by atoms with E-state index in [-0.39, 0.29) is 11.5 Å². The van der Waals surface area contributed by atoms with Gasteiger partial charge in [-0.1, -0.05) is 0 Å². The molecule has 0 amide bonds. The Labute approximate surface area is 183 Å². The normalized spacial score (nSPS) is 14.6. The Morgan fingerprint density at radius 3 is 2.78 bits per heavy atom. The van der Waals surface area contributed by atoms with Gasteiger partial charge in [0.15, 0.2) is 0 Å². The van der Waals surface area contributed by atoms with E-state index < -0.39 is 0 Å². The van der Waals surface area contributed by atoms with Crippen LogP contribution in [-0.4, -0.2) is 67.5 Å². The largest absolute Gasteiger partial charge is 0.379 e. The summed E-state index contributed by atoms with van der Waals surface area (Å²) in [5.41, 5.74) is 7.45. The predicted molar refractivity (Wildman–Crippen MR) is 121 cm³/mol. The molecular weight excluding hydrogens is 410 g/mol. The molecule has 5 rings (SSSR count). The third-order valence-electron chi connectivity index (χ3n) is 5.37. The first-order valence-corrected chi connectivity index (χ1v) is 10.4. The number of nitrogens with one attached hydrogen (secondary N) is 2. The van der Waals surface area contributed by atoms with Gasteiger partial charge in [0.1, 0.15) is 5.82 Å². The Balaban J connectivity index is 1.42. The van der Waals surface area contributed by atoms with E-state index in [1.807, 2.05) is 23.0 Å². The van der Waals surface area contributed by atoms with Crippen LogP contribution >= 0.6 is 0 Å². The van der Waals surface area contributed by atoms with Crippen molar-refractivity contribution in [1.29, 1.82) is 0 Å². The van der Waals surface area contributed by atoms with E-state index in [4.69, 9.17) is 10.5 Å². The van der Waals surface area contributed by atoms with Crippen LogP contribution in [0.15, 0.2) is 47.9 Å². The van der Waals surface area contributed by atoms with Crippen LogP contribution in [0.4, 0.5) is 17.5 Å². The van der Waals surface area contributed by atoms with Gasteiger partial charge in [0.25, 0.3) is 5.56 Å². The Bertz CT molecular complexity index is 1280. The van der Waals surface area contributed by atoms with E-state index in [0.717, 1.165) is 50.5 Å². The smallest absolute Gasteiger partial charge is 0.259 e. The summed E-state index contributed by atoms with van der Waals surface area (Å²) >= 11 is 0. The summed E-state index contributed by atoms with van der Waals surface area (Å²) in [4.78, 5) is 30.4. The van der Waals surface area contributed by atoms with Crippen LogP contribution in [0.25, 0.3) is 22.0 Å². The van der Waals surface area contributed by atoms with Crippen molar-refractivity contribution >= 4 is 28.2 Å². The van der Waals surface area contributed by atoms with Gasteiger partial charge in [0.2, 0.25) is 5.95 Å². The Morgan fingerprint density at radius 2 is 1.97 bits per heavy atom. The van der Waals surface area contributed by atoms with Crippen molar-refractivity contribution in [2.75, 3.05) is 43.9 Å². The second kappa shape index (κ2) is 8.73. The summed E-state index contributed by atoms with van der Waals surface area (Å²) < 4.78 is 7.27. The molecule has 11 heteroatoms. The SMILES string of the molecule is Nc1ncc(-c2cc3cc[nH]c(=O)c3c(Nc3cnn(CCN4CCOCC4)c3)n2)cn1. The average molecular weight is 433 g/mol. The third-order valence-corrected chi connectivity index (χ3v) is 5.37. The number of morpholine rings is 1. The molecule has 1 aliphatic heterocycles. The van der Waals surface area contributed by atoms with Crippen molar-refractivity contribution in [3.05, 3.63) is 53.5 Å². The molecule has 4 aromatic heterocycles. The number of nitrogens with zero attached hydrogens (tertiary/aromatic N) is 6. The first-order chi connectivity index (χ1) is 15.7. The fourth-order valence-corrected chi connectivity index (χ4v) is 3.68. The highest BCUT2D eigenvalue weighted by molar-refractivity contribution is 5.95. The number of ether oxygens (including phenoxy) is 1. The second-order valence-electron chi connectivity index (χ2n) is 7.53. The highest BCUT2D eigenvalue weighted by Crippen LogP contribution is 2.27. The van der Waals surface area contributed by atoms with Gasteiger partial charge in [-0.3, -0.25) is 14.4 Å². The molecule has 5 heterocycles. The number of nitrogen functional groups attached to an aromatic ring is 1. The topological polar surface area (TPSA) is 140 Å². The number of anilines is 3. The second-order valence-corrected chi connectivity index (χ2v) is 7.53. The van der Waals surface area contributed by atoms with Crippen molar-refractivity contribution in [3.8, 4) is 11.3 Å². The Morgan fingerprint density at radius 1 is 1.16 bits per heavy atom. The zero-order valence-electron chi connectivity index (χ0n) is 17.4. The number of pyridine rings is 2. The number of nitrogens with two attached hydrogens (primary N) is 1. The van der Waals surface area contributed by atoms with E-state index in [2.05, 4.69) is 35.3 Å². The van der Waals surface area contributed by atoms with Crippen LogP contribution in [0, 0.1) is 0 Å². The van der Waals surface area contributed by atoms with Gasteiger partial charge in [-0.15, -0.1) is 0 Å². The van der Waals surface area contributed by atoms with Gasteiger partial charge in [-0.05, 0) is 17.5 Å². The quantitative estimate of drug-likeness (QED) is 0.409. The highest BCUT2D eigenvalue weighted by atomic mass is 16.5. The van der Waals surface area contributed by atoms with Crippen LogP contribution in [0.5, 0.6) is 0 Å². The van der Waals surface area contributed by atoms with E-state index >= 15 is 0 Å². The maximum absolute atomic E-state index is 12.6. The van der Waals surface area contributed by atoms with E-state index in [0.29, 0.717) is 22.5 Å². The fraction of sp³-hybridized carbons (Fsp3) is 0.286. The number of H-pyrrole nitrogens is 1. The van der Waals surface area contributed by atoms with E-state index in [1.165, 1.54) is 0 Å². The molecule has 11 nitrogen and oxygen atoms in total. The maximum Gasteiger partial charge on any atom is 0.259 e. The number of hydrogen-bond donors (Lipinski definition) is 3. The van der Waals surface area contributed by atoms with Crippen molar-refractivity contribution in [3.63, 3.8) is 0 Å². The van der Waals surface area contributed by atoms with Crippen molar-refractivity contribution < 1.29 is 4.74 Å². The van der Waals surface area contributed by atoms with Crippen molar-refractivity contribution in [2.24, 2.45) is 0 Å². The number of rotatable bonds is 6. The molecule has 0 atom stereocenters. The van der Waals surface area contributed by atoms with Crippen molar-refractivity contribution in [1.82, 2.24) is 34.6 Å². The van der Waals surface area contributed by atoms with E-state index in [9.17, 15) is 4.79 Å². The Hall–Kier alpha value is -3.83. The first kappa shape index (κ1) is 20.1. The maximum atomic E-state index is 12.6. The minimum atomic E-state index is -0.225. The lowest BCUT2D eigenvalue weighted by atomic mass is 10.1. The predicted octanol–water partition coefficient (Wildman–Crippen LogP) is 1.23. The zero-order valence-corrected chi connectivity index (χ0v) is 17.4. The Kier molecular flexibility index (Phi) is 5.48. The van der Waals surface area contributed by atoms with Crippen LogP contribution in [0.1, 0.15) is 0 Å². The molecule has 4 aromatic rings. The molecule has 0 unspecified atom stereocenters. The lowest BCUT2D eigenvalue weighted by Crippen LogP contribution is -2.38. The van der Waals surface area contributed by atoms with Gasteiger partial charge < -0.3 is 20.8 Å². The summed E-state index contributed by atoms with van der Waals surface area (Å²) in [6, 6.07) is 3.66. The molecule has 164 valence electrons. The molecule has 0 aromatic carbocycles. The summed E-state index contributed by atoms with van der Waals surface area (Å²) in [6.07, 6.45) is 8.46. The van der Waals surface area contributed by atoms with Crippen LogP contribution < -0.4 is 16.6 Å². The molecule has 0 spiro atoms. The van der Waals surface area contributed by atoms with Crippen LogP contribution in [0.2, 0.25) is 0 Å². The number of fused-ring (bicyclic) bond motifs is 1. The number of aromatic nitrogens is 6. The minimum absolute atomic E-state index is 0.189. The fourth-order valence-electron chi connectivity index (χ4n) is 3.68. The van der Waals surface area contributed by atoms with Gasteiger partial charge in [-0.2, -0.15) is 5.10 Å². The molecule has 32 heavy (non-hydrogen) atoms.